The first-order chi connectivity index (χ1) is 26.2. The van der Waals surface area contributed by atoms with E-state index in [1.54, 1.807) is 0 Å². The lowest BCUT2D eigenvalue weighted by Gasteiger charge is -2.27. The molecule has 1 aliphatic heterocycles. The van der Waals surface area contributed by atoms with Crippen LogP contribution in [0.5, 0.6) is 0 Å². The lowest BCUT2D eigenvalue weighted by Crippen LogP contribution is -2.10. The number of nitrogens with zero attached hydrogens (tertiary/aromatic N) is 2. The summed E-state index contributed by atoms with van der Waals surface area (Å²) in [4.78, 5) is 2.39. The van der Waals surface area contributed by atoms with Gasteiger partial charge in [0.25, 0.3) is 0 Å². The Bertz CT molecular complexity index is 2840. The van der Waals surface area contributed by atoms with E-state index in [0.29, 0.717) is 0 Å². The van der Waals surface area contributed by atoms with E-state index >= 15 is 0 Å². The van der Waals surface area contributed by atoms with Gasteiger partial charge in [-0.2, -0.15) is 0 Å². The van der Waals surface area contributed by atoms with Crippen molar-refractivity contribution in [2.24, 2.45) is 0 Å². The fourth-order valence-electron chi connectivity index (χ4n) is 8.26. The summed E-state index contributed by atoms with van der Waals surface area (Å²) in [6.07, 6.45) is 3.16. The quantitative estimate of drug-likeness (QED) is 0.189. The Morgan fingerprint density at radius 1 is 0.547 bits per heavy atom. The first-order valence-electron chi connectivity index (χ1n) is 18.3. The van der Waals surface area contributed by atoms with Crippen molar-refractivity contribution in [3.05, 3.63) is 210 Å². The molecule has 3 heteroatoms. The van der Waals surface area contributed by atoms with Gasteiger partial charge in [-0.25, -0.2) is 0 Å². The van der Waals surface area contributed by atoms with Gasteiger partial charge in [-0.1, -0.05) is 115 Å². The van der Waals surface area contributed by atoms with Gasteiger partial charge in [0.05, 0.1) is 11.0 Å². The number of fused-ring (bicyclic) bond motifs is 6. The lowest BCUT2D eigenvalue weighted by atomic mass is 9.87. The van der Waals surface area contributed by atoms with Crippen molar-refractivity contribution < 1.29 is 0 Å². The Morgan fingerprint density at radius 3 is 2.09 bits per heavy atom. The molecule has 2 heterocycles. The van der Waals surface area contributed by atoms with Gasteiger partial charge in [0.15, 0.2) is 0 Å². The molecule has 0 bridgehead atoms. The van der Waals surface area contributed by atoms with Crippen molar-refractivity contribution in [1.82, 2.24) is 4.57 Å². The molecule has 0 radical (unpaired) electrons. The molecule has 0 atom stereocenters. The van der Waals surface area contributed by atoms with E-state index in [2.05, 4.69) is 210 Å². The van der Waals surface area contributed by atoms with Gasteiger partial charge in [0, 0.05) is 51.3 Å². The zero-order valence-electron chi connectivity index (χ0n) is 29.5. The molecule has 0 unspecified atom stereocenters. The van der Waals surface area contributed by atoms with Crippen LogP contribution in [0.4, 0.5) is 28.4 Å². The van der Waals surface area contributed by atoms with Gasteiger partial charge in [-0.05, 0) is 118 Å². The summed E-state index contributed by atoms with van der Waals surface area (Å²) < 4.78 is 2.37. The van der Waals surface area contributed by atoms with Crippen molar-refractivity contribution in [3.63, 3.8) is 0 Å². The van der Waals surface area contributed by atoms with E-state index in [1.807, 2.05) is 0 Å². The van der Waals surface area contributed by atoms with Crippen LogP contribution in [0.2, 0.25) is 0 Å². The largest absolute Gasteiger partial charge is 0.355 e. The number of allylic oxidation sites excluding steroid dienone is 1. The van der Waals surface area contributed by atoms with Crippen LogP contribution in [0, 0.1) is 0 Å². The Labute approximate surface area is 309 Å². The Morgan fingerprint density at radius 2 is 1.23 bits per heavy atom. The number of aromatic nitrogens is 1. The first-order valence-corrected chi connectivity index (χ1v) is 18.3. The highest BCUT2D eigenvalue weighted by Gasteiger charge is 2.21. The van der Waals surface area contributed by atoms with Crippen LogP contribution in [0.3, 0.4) is 0 Å². The second-order valence-electron chi connectivity index (χ2n) is 13.8. The van der Waals surface area contributed by atoms with Crippen LogP contribution in [0.15, 0.2) is 188 Å². The normalized spacial score (nSPS) is 12.4. The molecule has 1 aromatic heterocycles. The van der Waals surface area contributed by atoms with Gasteiger partial charge >= 0.3 is 0 Å². The second kappa shape index (κ2) is 12.7. The molecule has 53 heavy (non-hydrogen) atoms. The number of benzene rings is 8. The monoisotopic (exact) mass is 679 g/mol. The number of para-hydroxylation sites is 3. The van der Waals surface area contributed by atoms with Crippen LogP contribution in [0.1, 0.15) is 29.2 Å². The number of anilines is 5. The van der Waals surface area contributed by atoms with E-state index in [1.165, 1.54) is 71.8 Å². The third kappa shape index (κ3) is 5.29. The summed E-state index contributed by atoms with van der Waals surface area (Å²) in [5.41, 5.74) is 15.6. The summed E-state index contributed by atoms with van der Waals surface area (Å²) >= 11 is 0. The maximum Gasteiger partial charge on any atom is 0.0542 e. The van der Waals surface area contributed by atoms with E-state index < -0.39 is 0 Å². The summed E-state index contributed by atoms with van der Waals surface area (Å²) in [5, 5.41) is 8.60. The zero-order chi connectivity index (χ0) is 35.3. The average molecular weight is 680 g/mol. The molecule has 0 spiro atoms. The molecule has 0 fully saturated rings. The minimum Gasteiger partial charge on any atom is -0.355 e. The third-order valence-electron chi connectivity index (χ3n) is 10.8. The van der Waals surface area contributed by atoms with E-state index in [9.17, 15) is 0 Å². The maximum atomic E-state index is 3.68. The topological polar surface area (TPSA) is 20.2 Å². The molecule has 1 aliphatic rings. The van der Waals surface area contributed by atoms with Crippen LogP contribution in [0.25, 0.3) is 43.8 Å². The smallest absolute Gasteiger partial charge is 0.0542 e. The highest BCUT2D eigenvalue weighted by atomic mass is 15.1. The predicted octanol–water partition coefficient (Wildman–Crippen LogP) is 13.5. The van der Waals surface area contributed by atoms with Gasteiger partial charge in [0.2, 0.25) is 0 Å². The van der Waals surface area contributed by atoms with E-state index in [-0.39, 0.29) is 0 Å². The molecule has 0 saturated carbocycles. The fourth-order valence-corrected chi connectivity index (χ4v) is 8.26. The van der Waals surface area contributed by atoms with Crippen LogP contribution >= 0.6 is 0 Å². The third-order valence-corrected chi connectivity index (χ3v) is 10.8. The number of hydrogen-bond acceptors (Lipinski definition) is 2. The van der Waals surface area contributed by atoms with Crippen molar-refractivity contribution in [2.75, 3.05) is 10.2 Å². The van der Waals surface area contributed by atoms with Crippen LogP contribution in [-0.4, -0.2) is 4.57 Å². The zero-order valence-corrected chi connectivity index (χ0v) is 29.5. The van der Waals surface area contributed by atoms with E-state index in [0.717, 1.165) is 29.2 Å². The van der Waals surface area contributed by atoms with Crippen molar-refractivity contribution in [1.29, 1.82) is 0 Å². The molecular weight excluding hydrogens is 643 g/mol. The van der Waals surface area contributed by atoms with Crippen molar-refractivity contribution >= 4 is 66.6 Å². The maximum absolute atomic E-state index is 3.68. The highest BCUT2D eigenvalue weighted by Crippen LogP contribution is 2.42. The molecular formula is C50H37N3. The lowest BCUT2D eigenvalue weighted by molar-refractivity contribution is 1.15. The Balaban J connectivity index is 1.10. The molecule has 0 aliphatic carbocycles. The molecule has 10 rings (SSSR count). The summed E-state index contributed by atoms with van der Waals surface area (Å²) in [6.45, 7) is 2.15. The molecule has 0 saturated heterocycles. The number of nitrogens with one attached hydrogen (secondary N) is 1. The van der Waals surface area contributed by atoms with Gasteiger partial charge in [-0.15, -0.1) is 0 Å². The fraction of sp³-hybridized carbons (Fsp3) is 0.0400. The molecule has 3 nitrogen and oxygen atoms in total. The van der Waals surface area contributed by atoms with Gasteiger partial charge < -0.3 is 14.8 Å². The second-order valence-corrected chi connectivity index (χ2v) is 13.8. The number of rotatable bonds is 6. The molecule has 1 N–H and O–H groups in total. The van der Waals surface area contributed by atoms with E-state index in [4.69, 9.17) is 0 Å². The van der Waals surface area contributed by atoms with Crippen molar-refractivity contribution in [3.8, 4) is 5.69 Å². The predicted molar refractivity (Wildman–Crippen MR) is 225 cm³/mol. The minimum atomic E-state index is 0.906. The summed E-state index contributed by atoms with van der Waals surface area (Å²) in [7, 11) is 0. The Hall–Kier alpha value is -6.84. The van der Waals surface area contributed by atoms with Gasteiger partial charge in [-0.3, -0.25) is 0 Å². The van der Waals surface area contributed by atoms with Gasteiger partial charge in [0.1, 0.15) is 0 Å². The standard InChI is InChI=1S/C50H37N3/c1-2-42(43-19-12-21-48-45(43)32-37-15-8-10-20-47(37)51-48)35-24-26-39(27-25-35)52(40-28-23-34-13-6-7-14-36(34)31-40)41-29-30-50-46(33-41)44-18-9-11-22-49(44)53(50)38-16-4-3-5-17-38/h2-31,33,51H,32H2,1H3/b42-2-. The first kappa shape index (κ1) is 30.9. The van der Waals surface area contributed by atoms with Crippen LogP contribution in [-0.2, 0) is 6.42 Å². The molecule has 252 valence electrons. The van der Waals surface area contributed by atoms with Crippen molar-refractivity contribution in [2.45, 2.75) is 13.3 Å². The van der Waals surface area contributed by atoms with Crippen LogP contribution < -0.4 is 10.2 Å². The molecule has 9 aromatic rings. The Kier molecular flexibility index (Phi) is 7.43. The summed E-state index contributed by atoms with van der Waals surface area (Å²) in [6, 6.07) is 66.0. The minimum absolute atomic E-state index is 0.906. The highest BCUT2D eigenvalue weighted by molar-refractivity contribution is 6.10. The summed E-state index contributed by atoms with van der Waals surface area (Å²) in [5.74, 6) is 0. The average Bonchev–Trinajstić information content (AvgIpc) is 3.55. The molecule has 0 amide bonds. The number of hydrogen-bond donors (Lipinski definition) is 1. The SMILES string of the molecule is C/C=C(/c1ccc(N(c2ccc3ccccc3c2)c2ccc3c(c2)c2ccccc2n3-c2ccccc2)cc1)c1cccc2c1Cc1ccccc1N2. The molecule has 8 aromatic carbocycles.